The molecule has 3 rings (SSSR count). The zero-order valence-corrected chi connectivity index (χ0v) is 14.2. The van der Waals surface area contributed by atoms with Crippen molar-refractivity contribution in [1.29, 1.82) is 0 Å². The average Bonchev–Trinajstić information content (AvgIpc) is 3.18. The third kappa shape index (κ3) is 3.26. The summed E-state index contributed by atoms with van der Waals surface area (Å²) < 4.78 is 0.803. The number of hydrogen-bond acceptors (Lipinski definition) is 3. The van der Waals surface area contributed by atoms with Gasteiger partial charge in [0.2, 0.25) is 0 Å². The molecular formula is C16H12BrNOS2. The summed E-state index contributed by atoms with van der Waals surface area (Å²) in [5, 5.41) is 9.26. The number of halogens is 1. The number of benzene rings is 1. The van der Waals surface area contributed by atoms with Crippen LogP contribution in [0.5, 0.6) is 0 Å². The molecular weight excluding hydrogens is 366 g/mol. The van der Waals surface area contributed by atoms with Gasteiger partial charge in [0.25, 0.3) is 5.91 Å². The summed E-state index contributed by atoms with van der Waals surface area (Å²) in [4.78, 5) is 13.7. The largest absolute Gasteiger partial charge is 0.340 e. The number of rotatable bonds is 4. The Kier molecular flexibility index (Phi) is 4.53. The highest BCUT2D eigenvalue weighted by Crippen LogP contribution is 2.28. The molecule has 2 heterocycles. The normalized spacial score (nSPS) is 12.0. The van der Waals surface area contributed by atoms with Gasteiger partial charge in [-0.25, -0.2) is 0 Å². The summed E-state index contributed by atoms with van der Waals surface area (Å²) in [6.07, 6.45) is 0. The molecule has 1 atom stereocenters. The Balaban J connectivity index is 1.89. The Morgan fingerprint density at radius 3 is 2.62 bits per heavy atom. The second kappa shape index (κ2) is 6.56. The standard InChI is InChI=1S/C16H12BrNOS2/c17-13-5-2-1-4-12(13)16(19)18-15(11-7-9-20-10-11)14-6-3-8-21-14/h1-10,15H,(H,18,19)/t15-/m1/s1. The van der Waals surface area contributed by atoms with Crippen LogP contribution in [0.4, 0.5) is 0 Å². The van der Waals surface area contributed by atoms with E-state index in [-0.39, 0.29) is 11.9 Å². The first-order valence-corrected chi connectivity index (χ1v) is 8.98. The summed E-state index contributed by atoms with van der Waals surface area (Å²) in [6.45, 7) is 0. The van der Waals surface area contributed by atoms with E-state index in [0.717, 1.165) is 14.9 Å². The van der Waals surface area contributed by atoms with Gasteiger partial charge in [0.15, 0.2) is 0 Å². The monoisotopic (exact) mass is 377 g/mol. The lowest BCUT2D eigenvalue weighted by Gasteiger charge is -2.17. The minimum atomic E-state index is -0.101. The highest BCUT2D eigenvalue weighted by molar-refractivity contribution is 9.10. The van der Waals surface area contributed by atoms with Crippen molar-refractivity contribution >= 4 is 44.5 Å². The molecule has 21 heavy (non-hydrogen) atoms. The molecule has 0 radical (unpaired) electrons. The van der Waals surface area contributed by atoms with Crippen LogP contribution in [0, 0.1) is 0 Å². The third-order valence-electron chi connectivity index (χ3n) is 3.10. The molecule has 3 aromatic rings. The second-order valence-electron chi connectivity index (χ2n) is 4.46. The van der Waals surface area contributed by atoms with Gasteiger partial charge in [-0.15, -0.1) is 11.3 Å². The van der Waals surface area contributed by atoms with Gasteiger partial charge in [0, 0.05) is 9.35 Å². The fraction of sp³-hybridized carbons (Fsp3) is 0.0625. The molecule has 0 aliphatic rings. The summed E-state index contributed by atoms with van der Waals surface area (Å²) in [5.41, 5.74) is 1.76. The molecule has 2 nitrogen and oxygen atoms in total. The van der Waals surface area contributed by atoms with Gasteiger partial charge >= 0.3 is 0 Å². The van der Waals surface area contributed by atoms with Gasteiger partial charge in [0.1, 0.15) is 0 Å². The maximum Gasteiger partial charge on any atom is 0.253 e. The molecule has 0 aliphatic carbocycles. The number of carbonyl (C=O) groups excluding carboxylic acids is 1. The summed E-state index contributed by atoms with van der Waals surface area (Å²) >= 11 is 6.71. The molecule has 1 N–H and O–H groups in total. The Morgan fingerprint density at radius 1 is 1.10 bits per heavy atom. The second-order valence-corrected chi connectivity index (χ2v) is 7.07. The van der Waals surface area contributed by atoms with Gasteiger partial charge in [-0.2, -0.15) is 11.3 Å². The summed E-state index contributed by atoms with van der Waals surface area (Å²) in [5.74, 6) is -0.0768. The molecule has 0 saturated heterocycles. The van der Waals surface area contributed by atoms with Crippen molar-refractivity contribution < 1.29 is 4.79 Å². The first kappa shape index (κ1) is 14.5. The van der Waals surface area contributed by atoms with Gasteiger partial charge in [-0.05, 0) is 61.9 Å². The van der Waals surface area contributed by atoms with Crippen molar-refractivity contribution in [2.45, 2.75) is 6.04 Å². The molecule has 0 bridgehead atoms. The number of nitrogens with one attached hydrogen (secondary N) is 1. The van der Waals surface area contributed by atoms with E-state index in [2.05, 4.69) is 32.7 Å². The minimum Gasteiger partial charge on any atom is -0.340 e. The molecule has 1 aromatic carbocycles. The smallest absolute Gasteiger partial charge is 0.253 e. The maximum atomic E-state index is 12.5. The van der Waals surface area contributed by atoms with Gasteiger partial charge in [-0.1, -0.05) is 18.2 Å². The Labute approximate surface area is 139 Å². The topological polar surface area (TPSA) is 29.1 Å². The number of amides is 1. The van der Waals surface area contributed by atoms with Crippen LogP contribution in [0.3, 0.4) is 0 Å². The van der Waals surface area contributed by atoms with Crippen molar-refractivity contribution in [2.75, 3.05) is 0 Å². The number of thiophene rings is 2. The van der Waals surface area contributed by atoms with Crippen molar-refractivity contribution in [3.8, 4) is 0 Å². The van der Waals surface area contributed by atoms with E-state index < -0.39 is 0 Å². The fourth-order valence-corrected chi connectivity index (χ4v) is 4.02. The van der Waals surface area contributed by atoms with E-state index >= 15 is 0 Å². The average molecular weight is 378 g/mol. The molecule has 0 aliphatic heterocycles. The first-order chi connectivity index (χ1) is 10.3. The van der Waals surface area contributed by atoms with Crippen LogP contribution >= 0.6 is 38.6 Å². The van der Waals surface area contributed by atoms with Crippen molar-refractivity contribution in [2.24, 2.45) is 0 Å². The molecule has 0 saturated carbocycles. The molecule has 2 aromatic heterocycles. The molecule has 5 heteroatoms. The van der Waals surface area contributed by atoms with E-state index in [0.29, 0.717) is 5.56 Å². The minimum absolute atomic E-state index is 0.0768. The van der Waals surface area contributed by atoms with Crippen molar-refractivity contribution in [1.82, 2.24) is 5.32 Å². The van der Waals surface area contributed by atoms with Crippen molar-refractivity contribution in [3.05, 3.63) is 79.1 Å². The van der Waals surface area contributed by atoms with Crippen LogP contribution in [0.15, 0.2) is 63.1 Å². The van der Waals surface area contributed by atoms with Crippen LogP contribution in [0.2, 0.25) is 0 Å². The van der Waals surface area contributed by atoms with E-state index in [4.69, 9.17) is 0 Å². The van der Waals surface area contributed by atoms with E-state index in [9.17, 15) is 4.79 Å². The lowest BCUT2D eigenvalue weighted by Crippen LogP contribution is -2.28. The van der Waals surface area contributed by atoms with Gasteiger partial charge in [-0.3, -0.25) is 4.79 Å². The summed E-state index contributed by atoms with van der Waals surface area (Å²) in [6, 6.07) is 13.5. The highest BCUT2D eigenvalue weighted by atomic mass is 79.9. The molecule has 106 valence electrons. The fourth-order valence-electron chi connectivity index (χ4n) is 2.07. The van der Waals surface area contributed by atoms with Crippen LogP contribution in [0.1, 0.15) is 26.8 Å². The first-order valence-electron chi connectivity index (χ1n) is 6.36. The van der Waals surface area contributed by atoms with E-state index in [1.54, 1.807) is 22.7 Å². The van der Waals surface area contributed by atoms with Crippen molar-refractivity contribution in [3.63, 3.8) is 0 Å². The zero-order valence-electron chi connectivity index (χ0n) is 11.0. The lowest BCUT2D eigenvalue weighted by molar-refractivity contribution is 0.0943. The molecule has 1 amide bonds. The SMILES string of the molecule is O=C(N[C@H](c1ccsc1)c1cccs1)c1ccccc1Br. The number of hydrogen-bond donors (Lipinski definition) is 1. The lowest BCUT2D eigenvalue weighted by atomic mass is 10.1. The van der Waals surface area contributed by atoms with E-state index in [1.165, 1.54) is 0 Å². The van der Waals surface area contributed by atoms with Gasteiger partial charge in [0.05, 0.1) is 11.6 Å². The van der Waals surface area contributed by atoms with Crippen LogP contribution in [0.25, 0.3) is 0 Å². The quantitative estimate of drug-likeness (QED) is 0.673. The van der Waals surface area contributed by atoms with Crippen LogP contribution in [-0.2, 0) is 0 Å². The Morgan fingerprint density at radius 2 is 1.95 bits per heavy atom. The Hall–Kier alpha value is -1.43. The molecule has 0 unspecified atom stereocenters. The third-order valence-corrected chi connectivity index (χ3v) is 5.43. The predicted octanol–water partition coefficient (Wildman–Crippen LogP) is 5.09. The number of carbonyl (C=O) groups is 1. The van der Waals surface area contributed by atoms with Gasteiger partial charge < -0.3 is 5.32 Å². The summed E-state index contributed by atoms with van der Waals surface area (Å²) in [7, 11) is 0. The molecule has 0 spiro atoms. The maximum absolute atomic E-state index is 12.5. The zero-order chi connectivity index (χ0) is 14.7. The van der Waals surface area contributed by atoms with E-state index in [1.807, 2.05) is 47.2 Å². The van der Waals surface area contributed by atoms with Crippen LogP contribution < -0.4 is 5.32 Å². The molecule has 0 fully saturated rings. The Bertz CT molecular complexity index is 688. The highest BCUT2D eigenvalue weighted by Gasteiger charge is 2.20. The van der Waals surface area contributed by atoms with Crippen LogP contribution in [-0.4, -0.2) is 5.91 Å². The predicted molar refractivity (Wildman–Crippen MR) is 92.1 cm³/mol.